The molecule has 2 aromatic carbocycles. The molecule has 0 aromatic heterocycles. The average Bonchev–Trinajstić information content (AvgIpc) is 3.09. The molecule has 2 aliphatic heterocycles. The summed E-state index contributed by atoms with van der Waals surface area (Å²) in [6.45, 7) is 1.50. The van der Waals surface area contributed by atoms with Crippen molar-refractivity contribution in [2.75, 3.05) is 36.1 Å². The van der Waals surface area contributed by atoms with E-state index in [4.69, 9.17) is 9.47 Å². The molecule has 0 N–H and O–H groups in total. The Balaban J connectivity index is 1.45. The van der Waals surface area contributed by atoms with Gasteiger partial charge in [-0.05, 0) is 48.4 Å². The Morgan fingerprint density at radius 3 is 2.67 bits per heavy atom. The number of benzene rings is 2. The Bertz CT molecular complexity index is 1000. The second-order valence-electron chi connectivity index (χ2n) is 6.45. The van der Waals surface area contributed by atoms with E-state index in [0.29, 0.717) is 48.9 Å². The Hall–Kier alpha value is -2.19. The van der Waals surface area contributed by atoms with Crippen LogP contribution in [0.4, 0.5) is 5.69 Å². The third-order valence-corrected chi connectivity index (χ3v) is 6.71. The number of sulfonamides is 1. The molecule has 2 aromatic rings. The van der Waals surface area contributed by atoms with Crippen molar-refractivity contribution in [3.05, 3.63) is 47.5 Å². The van der Waals surface area contributed by atoms with Crippen LogP contribution >= 0.6 is 11.8 Å². The number of fused-ring (bicyclic) bond motifs is 2. The van der Waals surface area contributed by atoms with Gasteiger partial charge in [-0.3, -0.25) is 9.10 Å². The predicted octanol–water partition coefficient (Wildman–Crippen LogP) is 2.75. The van der Waals surface area contributed by atoms with Crippen LogP contribution in [-0.2, 0) is 16.4 Å². The molecule has 0 unspecified atom stereocenters. The van der Waals surface area contributed by atoms with Crippen LogP contribution in [0.3, 0.4) is 0 Å². The molecule has 142 valence electrons. The quantitative estimate of drug-likeness (QED) is 0.563. The van der Waals surface area contributed by atoms with Gasteiger partial charge in [0, 0.05) is 17.0 Å². The van der Waals surface area contributed by atoms with Crippen LogP contribution in [0.5, 0.6) is 11.5 Å². The summed E-state index contributed by atoms with van der Waals surface area (Å²) in [6, 6.07) is 10.9. The number of hydrogen-bond donors (Lipinski definition) is 0. The minimum Gasteiger partial charge on any atom is -0.486 e. The largest absolute Gasteiger partial charge is 0.486 e. The normalized spacial score (nSPS) is 15.5. The number of thioether (sulfide) groups is 1. The number of nitrogens with zero attached hydrogens (tertiary/aromatic N) is 1. The molecule has 0 radical (unpaired) electrons. The Morgan fingerprint density at radius 2 is 1.89 bits per heavy atom. The maximum atomic E-state index is 12.6. The first kappa shape index (κ1) is 18.2. The number of anilines is 1. The van der Waals surface area contributed by atoms with Gasteiger partial charge in [-0.25, -0.2) is 8.42 Å². The summed E-state index contributed by atoms with van der Waals surface area (Å²) in [5, 5.41) is 0. The third kappa shape index (κ3) is 3.77. The molecule has 0 aliphatic carbocycles. The van der Waals surface area contributed by atoms with E-state index in [-0.39, 0.29) is 5.78 Å². The summed E-state index contributed by atoms with van der Waals surface area (Å²) in [6.07, 6.45) is 1.82. The second-order valence-corrected chi connectivity index (χ2v) is 9.40. The molecule has 2 aliphatic rings. The van der Waals surface area contributed by atoms with Crippen LogP contribution in [0.15, 0.2) is 41.3 Å². The number of hydrogen-bond acceptors (Lipinski definition) is 6. The molecule has 0 atom stereocenters. The minimum absolute atomic E-state index is 0.00972. The first-order chi connectivity index (χ1) is 12.9. The highest BCUT2D eigenvalue weighted by atomic mass is 32.2. The first-order valence-corrected chi connectivity index (χ1v) is 11.4. The fraction of sp³-hybridized carbons (Fsp3) is 0.316. The number of Topliss-reactive ketones (excluding diaryl/α,β-unsaturated/α-hetero) is 1. The van der Waals surface area contributed by atoms with Crippen molar-refractivity contribution in [2.24, 2.45) is 0 Å². The molecule has 27 heavy (non-hydrogen) atoms. The van der Waals surface area contributed by atoms with Crippen molar-refractivity contribution in [3.8, 4) is 11.5 Å². The van der Waals surface area contributed by atoms with Crippen LogP contribution in [0.1, 0.15) is 15.9 Å². The van der Waals surface area contributed by atoms with Gasteiger partial charge in [0.15, 0.2) is 17.3 Å². The molecule has 0 saturated carbocycles. The molecule has 0 spiro atoms. The average molecular weight is 405 g/mol. The SMILES string of the molecule is CS(=O)(=O)N1CCc2cc(C(=O)CSc3ccc4c(c3)OCCO4)ccc21. The van der Waals surface area contributed by atoms with E-state index in [1.54, 1.807) is 12.1 Å². The van der Waals surface area contributed by atoms with E-state index >= 15 is 0 Å². The topological polar surface area (TPSA) is 72.9 Å². The zero-order chi connectivity index (χ0) is 19.0. The van der Waals surface area contributed by atoms with Crippen molar-refractivity contribution in [3.63, 3.8) is 0 Å². The minimum atomic E-state index is -3.28. The van der Waals surface area contributed by atoms with Gasteiger partial charge in [0.2, 0.25) is 10.0 Å². The van der Waals surface area contributed by atoms with Gasteiger partial charge >= 0.3 is 0 Å². The highest BCUT2D eigenvalue weighted by molar-refractivity contribution is 8.00. The number of rotatable bonds is 5. The van der Waals surface area contributed by atoms with Gasteiger partial charge in [-0.2, -0.15) is 0 Å². The molecular weight excluding hydrogens is 386 g/mol. The van der Waals surface area contributed by atoms with Crippen molar-refractivity contribution in [2.45, 2.75) is 11.3 Å². The summed E-state index contributed by atoms with van der Waals surface area (Å²) < 4.78 is 36.1. The Morgan fingerprint density at radius 1 is 1.11 bits per heavy atom. The van der Waals surface area contributed by atoms with Gasteiger partial charge in [0.25, 0.3) is 0 Å². The van der Waals surface area contributed by atoms with Gasteiger partial charge in [0.05, 0.1) is 17.7 Å². The smallest absolute Gasteiger partial charge is 0.232 e. The van der Waals surface area contributed by atoms with Crippen LogP contribution in [0.2, 0.25) is 0 Å². The zero-order valence-corrected chi connectivity index (χ0v) is 16.4. The summed E-state index contributed by atoms with van der Waals surface area (Å²) in [5.74, 6) is 1.74. The van der Waals surface area contributed by atoms with Crippen LogP contribution < -0.4 is 13.8 Å². The maximum absolute atomic E-state index is 12.6. The monoisotopic (exact) mass is 405 g/mol. The number of ether oxygens (including phenoxy) is 2. The predicted molar refractivity (Wildman–Crippen MR) is 105 cm³/mol. The number of carbonyl (C=O) groups excluding carboxylic acids is 1. The van der Waals surface area contributed by atoms with E-state index in [2.05, 4.69) is 0 Å². The van der Waals surface area contributed by atoms with E-state index in [0.717, 1.165) is 16.2 Å². The van der Waals surface area contributed by atoms with E-state index in [9.17, 15) is 13.2 Å². The van der Waals surface area contributed by atoms with Crippen molar-refractivity contribution in [1.29, 1.82) is 0 Å². The van der Waals surface area contributed by atoms with Crippen LogP contribution in [0.25, 0.3) is 0 Å². The number of carbonyl (C=O) groups is 1. The first-order valence-electron chi connectivity index (χ1n) is 8.58. The van der Waals surface area contributed by atoms with Crippen molar-refractivity contribution >= 4 is 33.3 Å². The standard InChI is InChI=1S/C19H19NO5S2/c1-27(22,23)20-7-6-13-10-14(2-4-16(13)20)17(21)12-26-15-3-5-18-19(11-15)25-9-8-24-18/h2-5,10-11H,6-9,12H2,1H3. The molecule has 0 saturated heterocycles. The fourth-order valence-electron chi connectivity index (χ4n) is 3.24. The number of ketones is 1. The highest BCUT2D eigenvalue weighted by Gasteiger charge is 2.26. The van der Waals surface area contributed by atoms with E-state index < -0.39 is 10.0 Å². The molecule has 0 fully saturated rings. The molecule has 8 heteroatoms. The molecule has 0 bridgehead atoms. The highest BCUT2D eigenvalue weighted by Crippen LogP contribution is 2.35. The molecule has 0 amide bonds. The zero-order valence-electron chi connectivity index (χ0n) is 14.8. The van der Waals surface area contributed by atoms with Gasteiger partial charge in [-0.1, -0.05) is 0 Å². The molecule has 4 rings (SSSR count). The molecular formula is C19H19NO5S2. The lowest BCUT2D eigenvalue weighted by Crippen LogP contribution is -2.27. The second kappa shape index (κ2) is 7.09. The van der Waals surface area contributed by atoms with E-state index in [1.807, 2.05) is 24.3 Å². The Labute approximate surface area is 162 Å². The van der Waals surface area contributed by atoms with E-state index in [1.165, 1.54) is 22.3 Å². The summed E-state index contributed by atoms with van der Waals surface area (Å²) in [7, 11) is -3.28. The lowest BCUT2D eigenvalue weighted by Gasteiger charge is -2.18. The molecule has 2 heterocycles. The lowest BCUT2D eigenvalue weighted by atomic mass is 10.1. The third-order valence-electron chi connectivity index (χ3n) is 4.54. The van der Waals surface area contributed by atoms with Gasteiger partial charge < -0.3 is 9.47 Å². The summed E-state index contributed by atoms with van der Waals surface area (Å²) in [5.41, 5.74) is 2.18. The maximum Gasteiger partial charge on any atom is 0.232 e. The van der Waals surface area contributed by atoms with Gasteiger partial charge in [-0.15, -0.1) is 11.8 Å². The molecule has 6 nitrogen and oxygen atoms in total. The van der Waals surface area contributed by atoms with Crippen molar-refractivity contribution in [1.82, 2.24) is 0 Å². The fourth-order valence-corrected chi connectivity index (χ4v) is 5.01. The van der Waals surface area contributed by atoms with Crippen LogP contribution in [0, 0.1) is 0 Å². The summed E-state index contributed by atoms with van der Waals surface area (Å²) in [4.78, 5) is 13.5. The Kier molecular flexibility index (Phi) is 4.77. The van der Waals surface area contributed by atoms with Gasteiger partial charge in [0.1, 0.15) is 13.2 Å². The summed E-state index contributed by atoms with van der Waals surface area (Å²) >= 11 is 1.44. The van der Waals surface area contributed by atoms with Crippen molar-refractivity contribution < 1.29 is 22.7 Å². The lowest BCUT2D eigenvalue weighted by molar-refractivity contribution is 0.102. The van der Waals surface area contributed by atoms with Crippen LogP contribution in [-0.4, -0.2) is 46.0 Å².